The third kappa shape index (κ3) is 6.59. The van der Waals surface area contributed by atoms with Crippen molar-refractivity contribution in [2.75, 3.05) is 5.32 Å². The maximum atomic E-state index is 12.6. The third-order valence-electron chi connectivity index (χ3n) is 4.26. The first kappa shape index (κ1) is 22.9. The summed E-state index contributed by atoms with van der Waals surface area (Å²) >= 11 is 1.39. The van der Waals surface area contributed by atoms with Crippen molar-refractivity contribution in [2.45, 2.75) is 76.9 Å². The van der Waals surface area contributed by atoms with Crippen molar-refractivity contribution >= 4 is 29.3 Å². The van der Waals surface area contributed by atoms with Gasteiger partial charge in [-0.15, -0.1) is 10.2 Å². The fraction of sp³-hybridized carbons (Fsp3) is 0.524. The highest BCUT2D eigenvalue weighted by molar-refractivity contribution is 8.00. The second kappa shape index (κ2) is 9.91. The molecule has 1 unspecified atom stereocenters. The normalized spacial score (nSPS) is 12.5. The van der Waals surface area contributed by atoms with Gasteiger partial charge in [0.1, 0.15) is 5.82 Å². The van der Waals surface area contributed by atoms with Crippen molar-refractivity contribution in [3.05, 3.63) is 35.7 Å². The minimum absolute atomic E-state index is 0.0190. The van der Waals surface area contributed by atoms with Crippen LogP contribution in [0.4, 0.5) is 5.69 Å². The van der Waals surface area contributed by atoms with Gasteiger partial charge in [-0.1, -0.05) is 36.9 Å². The summed E-state index contributed by atoms with van der Waals surface area (Å²) < 4.78 is 1.90. The molecule has 0 aliphatic heterocycles. The molecule has 0 aliphatic carbocycles. The maximum absolute atomic E-state index is 12.6. The van der Waals surface area contributed by atoms with Gasteiger partial charge in [0.15, 0.2) is 5.16 Å². The topological polar surface area (TPSA) is 88.9 Å². The number of rotatable bonds is 8. The molecule has 1 aromatic heterocycles. The number of benzene rings is 1. The summed E-state index contributed by atoms with van der Waals surface area (Å²) in [6, 6.07) is 7.65. The molecule has 2 amide bonds. The zero-order chi connectivity index (χ0) is 21.6. The quantitative estimate of drug-likeness (QED) is 0.641. The Morgan fingerprint density at radius 1 is 1.17 bits per heavy atom. The van der Waals surface area contributed by atoms with Crippen LogP contribution < -0.4 is 10.6 Å². The molecular formula is C21H31N5O2S. The fourth-order valence-electron chi connectivity index (χ4n) is 2.81. The summed E-state index contributed by atoms with van der Waals surface area (Å²) in [5, 5.41) is 14.8. The Balaban J connectivity index is 2.10. The molecule has 7 nitrogen and oxygen atoms in total. The van der Waals surface area contributed by atoms with Crippen LogP contribution in [0.1, 0.15) is 52.4 Å². The zero-order valence-electron chi connectivity index (χ0n) is 18.1. The number of amides is 2. The number of carbonyl (C=O) groups excluding carboxylic acids is 2. The van der Waals surface area contributed by atoms with Crippen molar-refractivity contribution in [3.63, 3.8) is 0 Å². The number of thioether (sulfide) groups is 1. The van der Waals surface area contributed by atoms with Gasteiger partial charge < -0.3 is 15.2 Å². The Labute approximate surface area is 177 Å². The SMILES string of the molecule is CCC(Sc1nnc(CC(=O)Nc2ccccc2C)n1CC)C(=O)NC(C)(C)C. The lowest BCUT2D eigenvalue weighted by atomic mass is 10.1. The second-order valence-corrected chi connectivity index (χ2v) is 9.11. The highest BCUT2D eigenvalue weighted by Crippen LogP contribution is 2.25. The van der Waals surface area contributed by atoms with Crippen LogP contribution in [0.2, 0.25) is 0 Å². The van der Waals surface area contributed by atoms with Gasteiger partial charge in [-0.05, 0) is 52.7 Å². The molecule has 158 valence electrons. The molecule has 0 aliphatic rings. The van der Waals surface area contributed by atoms with Gasteiger partial charge in [0.25, 0.3) is 0 Å². The lowest BCUT2D eigenvalue weighted by molar-refractivity contribution is -0.122. The molecule has 0 saturated carbocycles. The van der Waals surface area contributed by atoms with Crippen LogP contribution in [-0.2, 0) is 22.6 Å². The highest BCUT2D eigenvalue weighted by atomic mass is 32.2. The first-order valence-corrected chi connectivity index (χ1v) is 10.8. The lowest BCUT2D eigenvalue weighted by Crippen LogP contribution is -2.44. The number of hydrogen-bond acceptors (Lipinski definition) is 5. The summed E-state index contributed by atoms with van der Waals surface area (Å²) in [5.74, 6) is 0.428. The van der Waals surface area contributed by atoms with E-state index in [1.807, 2.05) is 70.4 Å². The predicted octanol–water partition coefficient (Wildman–Crippen LogP) is 3.57. The Morgan fingerprint density at radius 3 is 2.45 bits per heavy atom. The Kier molecular flexibility index (Phi) is 7.84. The zero-order valence-corrected chi connectivity index (χ0v) is 18.9. The minimum Gasteiger partial charge on any atom is -0.351 e. The Hall–Kier alpha value is -2.35. The van der Waals surface area contributed by atoms with E-state index in [4.69, 9.17) is 0 Å². The van der Waals surface area contributed by atoms with Crippen LogP contribution in [0.25, 0.3) is 0 Å². The van der Waals surface area contributed by atoms with Crippen LogP contribution in [0.5, 0.6) is 0 Å². The van der Waals surface area contributed by atoms with Gasteiger partial charge in [0.05, 0.1) is 11.7 Å². The molecule has 29 heavy (non-hydrogen) atoms. The molecule has 2 rings (SSSR count). The molecule has 0 radical (unpaired) electrons. The smallest absolute Gasteiger partial charge is 0.233 e. The predicted molar refractivity (Wildman–Crippen MR) is 117 cm³/mol. The molecule has 8 heteroatoms. The van der Waals surface area contributed by atoms with Gasteiger partial charge in [-0.2, -0.15) is 0 Å². The fourth-order valence-corrected chi connectivity index (χ4v) is 3.84. The van der Waals surface area contributed by atoms with E-state index in [2.05, 4.69) is 20.8 Å². The molecule has 1 atom stereocenters. The van der Waals surface area contributed by atoms with Crippen LogP contribution in [0.3, 0.4) is 0 Å². The Bertz CT molecular complexity index is 857. The molecule has 2 N–H and O–H groups in total. The Morgan fingerprint density at radius 2 is 1.86 bits per heavy atom. The lowest BCUT2D eigenvalue weighted by Gasteiger charge is -2.24. The van der Waals surface area contributed by atoms with E-state index in [-0.39, 0.29) is 29.0 Å². The number of carbonyl (C=O) groups is 2. The van der Waals surface area contributed by atoms with E-state index >= 15 is 0 Å². The van der Waals surface area contributed by atoms with Crippen molar-refractivity contribution in [2.24, 2.45) is 0 Å². The molecule has 2 aromatic rings. The van der Waals surface area contributed by atoms with Crippen LogP contribution >= 0.6 is 11.8 Å². The first-order chi connectivity index (χ1) is 13.6. The average Bonchev–Trinajstić information content (AvgIpc) is 3.01. The summed E-state index contributed by atoms with van der Waals surface area (Å²) in [6.45, 7) is 12.4. The molecule has 0 spiro atoms. The number of hydrogen-bond donors (Lipinski definition) is 2. The van der Waals surface area contributed by atoms with Crippen molar-refractivity contribution in [3.8, 4) is 0 Å². The number of nitrogens with zero attached hydrogens (tertiary/aromatic N) is 3. The largest absolute Gasteiger partial charge is 0.351 e. The van der Waals surface area contributed by atoms with Gasteiger partial charge in [-0.25, -0.2) is 0 Å². The molecule has 0 saturated heterocycles. The number of anilines is 1. The molecule has 1 aromatic carbocycles. The van der Waals surface area contributed by atoms with Crippen LogP contribution in [-0.4, -0.2) is 37.4 Å². The van der Waals surface area contributed by atoms with Crippen molar-refractivity contribution in [1.29, 1.82) is 0 Å². The van der Waals surface area contributed by atoms with Gasteiger partial charge in [0, 0.05) is 17.8 Å². The van der Waals surface area contributed by atoms with Crippen molar-refractivity contribution < 1.29 is 9.59 Å². The third-order valence-corrected chi connectivity index (χ3v) is 5.60. The second-order valence-electron chi connectivity index (χ2n) is 7.94. The number of nitrogens with one attached hydrogen (secondary N) is 2. The first-order valence-electron chi connectivity index (χ1n) is 9.90. The van der Waals surface area contributed by atoms with Gasteiger partial charge in [0.2, 0.25) is 11.8 Å². The summed E-state index contributed by atoms with van der Waals surface area (Å²) in [6.07, 6.45) is 0.799. The minimum atomic E-state index is -0.289. The molecule has 0 bridgehead atoms. The van der Waals surface area contributed by atoms with Gasteiger partial charge >= 0.3 is 0 Å². The number of aromatic nitrogens is 3. The summed E-state index contributed by atoms with van der Waals surface area (Å²) in [5.41, 5.74) is 1.51. The van der Waals surface area contributed by atoms with Crippen molar-refractivity contribution in [1.82, 2.24) is 20.1 Å². The van der Waals surface area contributed by atoms with Crippen LogP contribution in [0.15, 0.2) is 29.4 Å². The number of aryl methyl sites for hydroxylation is 1. The summed E-state index contributed by atoms with van der Waals surface area (Å²) in [7, 11) is 0. The molecule has 0 fully saturated rings. The van der Waals surface area contributed by atoms with E-state index in [1.54, 1.807) is 0 Å². The average molecular weight is 418 g/mol. The van der Waals surface area contributed by atoms with E-state index in [0.717, 1.165) is 11.3 Å². The van der Waals surface area contributed by atoms with E-state index in [9.17, 15) is 9.59 Å². The summed E-state index contributed by atoms with van der Waals surface area (Å²) in [4.78, 5) is 25.1. The van der Waals surface area contributed by atoms with E-state index < -0.39 is 0 Å². The molecule has 1 heterocycles. The van der Waals surface area contributed by atoms with E-state index in [0.29, 0.717) is 23.9 Å². The maximum Gasteiger partial charge on any atom is 0.233 e. The van der Waals surface area contributed by atoms with Gasteiger partial charge in [-0.3, -0.25) is 9.59 Å². The standard InChI is InChI=1S/C21H31N5O2S/c1-7-16(19(28)23-21(4,5)6)29-20-25-24-17(26(20)8-2)13-18(27)22-15-12-10-9-11-14(15)3/h9-12,16H,7-8,13H2,1-6H3,(H,22,27)(H,23,28). The monoisotopic (exact) mass is 417 g/mol. The highest BCUT2D eigenvalue weighted by Gasteiger charge is 2.25. The van der Waals surface area contributed by atoms with Crippen LogP contribution in [0, 0.1) is 6.92 Å². The molecular weight excluding hydrogens is 386 g/mol. The number of para-hydroxylation sites is 1. The van der Waals surface area contributed by atoms with E-state index in [1.165, 1.54) is 11.8 Å².